The Labute approximate surface area is 149 Å². The minimum atomic E-state index is -1.22. The number of nitrogens with one attached hydrogen (secondary N) is 1. The number of ether oxygens (including phenoxy) is 1. The van der Waals surface area contributed by atoms with Gasteiger partial charge in [0.15, 0.2) is 23.2 Å². The molecule has 0 amide bonds. The summed E-state index contributed by atoms with van der Waals surface area (Å²) in [7, 11) is 0. The van der Waals surface area contributed by atoms with Crippen LogP contribution in [-0.2, 0) is 4.74 Å². The van der Waals surface area contributed by atoms with Crippen molar-refractivity contribution in [2.24, 2.45) is 0 Å². The van der Waals surface area contributed by atoms with Gasteiger partial charge in [-0.05, 0) is 13.8 Å². The first-order chi connectivity index (χ1) is 12.5. The number of fused-ring (bicyclic) bond motifs is 1. The quantitative estimate of drug-likeness (QED) is 0.414. The zero-order valence-electron chi connectivity index (χ0n) is 14.5. The Morgan fingerprint density at radius 1 is 1.31 bits per heavy atom. The van der Waals surface area contributed by atoms with Gasteiger partial charge in [-0.15, -0.1) is 0 Å². The van der Waals surface area contributed by atoms with Crippen LogP contribution in [0.3, 0.4) is 0 Å². The van der Waals surface area contributed by atoms with E-state index in [2.05, 4.69) is 20.3 Å². The van der Waals surface area contributed by atoms with E-state index in [1.807, 2.05) is 19.9 Å². The van der Waals surface area contributed by atoms with Crippen molar-refractivity contribution in [3.05, 3.63) is 24.3 Å². The highest BCUT2D eigenvalue weighted by atomic mass is 16.6. The summed E-state index contributed by atoms with van der Waals surface area (Å²) in [5.41, 5.74) is 1.73. The van der Waals surface area contributed by atoms with E-state index in [1.165, 1.54) is 17.2 Å². The molecule has 0 spiro atoms. The summed E-state index contributed by atoms with van der Waals surface area (Å²) in [6.07, 6.45) is 0.474. The average Bonchev–Trinajstić information content (AvgIpc) is 3.17. The first kappa shape index (κ1) is 18.7. The number of aromatic nitrogens is 4. The van der Waals surface area contributed by atoms with Gasteiger partial charge in [0.25, 0.3) is 0 Å². The predicted molar refractivity (Wildman–Crippen MR) is 92.3 cm³/mol. The Balaban J connectivity index is 1.90. The Bertz CT molecular complexity index is 794. The number of aliphatic hydroxyl groups is 4. The van der Waals surface area contributed by atoms with Gasteiger partial charge in [-0.2, -0.15) is 0 Å². The molecule has 0 radical (unpaired) electrons. The van der Waals surface area contributed by atoms with E-state index in [0.29, 0.717) is 17.0 Å². The average molecular weight is 365 g/mol. The van der Waals surface area contributed by atoms with Gasteiger partial charge < -0.3 is 30.5 Å². The number of imidazole rings is 1. The second kappa shape index (κ2) is 7.64. The van der Waals surface area contributed by atoms with Crippen LogP contribution in [0.15, 0.2) is 24.3 Å². The monoisotopic (exact) mass is 365 g/mol. The van der Waals surface area contributed by atoms with E-state index in [4.69, 9.17) is 9.84 Å². The van der Waals surface area contributed by atoms with Crippen LogP contribution in [0.4, 0.5) is 5.82 Å². The van der Waals surface area contributed by atoms with Crippen LogP contribution in [0.25, 0.3) is 11.2 Å². The van der Waals surface area contributed by atoms with Crippen LogP contribution in [0, 0.1) is 0 Å². The Morgan fingerprint density at radius 3 is 2.73 bits per heavy atom. The molecule has 5 N–H and O–H groups in total. The lowest BCUT2D eigenvalue weighted by molar-refractivity contribution is -0.0511. The smallest absolute Gasteiger partial charge is 0.167 e. The SMILES string of the molecule is C/C(=C\C(C)Nc1ncnc2c1ncn2[C@@H]1O[C@H](CO)C(O)C1O)CO. The van der Waals surface area contributed by atoms with Crippen LogP contribution >= 0.6 is 0 Å². The summed E-state index contributed by atoms with van der Waals surface area (Å²) in [5, 5.41) is 41.7. The fraction of sp³-hybridized carbons (Fsp3) is 0.562. The first-order valence-corrected chi connectivity index (χ1v) is 8.31. The maximum atomic E-state index is 10.2. The van der Waals surface area contributed by atoms with Gasteiger partial charge in [0.1, 0.15) is 24.6 Å². The molecule has 2 aromatic heterocycles. The number of rotatable bonds is 6. The summed E-state index contributed by atoms with van der Waals surface area (Å²) in [6.45, 7) is 3.31. The van der Waals surface area contributed by atoms with Gasteiger partial charge in [-0.25, -0.2) is 15.0 Å². The highest BCUT2D eigenvalue weighted by Crippen LogP contribution is 2.32. The molecule has 0 aliphatic carbocycles. The van der Waals surface area contributed by atoms with Gasteiger partial charge in [-0.1, -0.05) is 11.6 Å². The molecule has 3 heterocycles. The lowest BCUT2D eigenvalue weighted by atomic mass is 10.1. The maximum Gasteiger partial charge on any atom is 0.167 e. The van der Waals surface area contributed by atoms with Crippen molar-refractivity contribution in [3.63, 3.8) is 0 Å². The van der Waals surface area contributed by atoms with E-state index in [9.17, 15) is 15.3 Å². The van der Waals surface area contributed by atoms with Crippen molar-refractivity contribution in [1.29, 1.82) is 0 Å². The van der Waals surface area contributed by atoms with E-state index in [0.717, 1.165) is 5.57 Å². The minimum Gasteiger partial charge on any atom is -0.394 e. The molecule has 1 fully saturated rings. The molecule has 0 saturated carbocycles. The lowest BCUT2D eigenvalue weighted by Crippen LogP contribution is -2.33. The molecule has 0 aromatic carbocycles. The summed E-state index contributed by atoms with van der Waals surface area (Å²) < 4.78 is 7.04. The Morgan fingerprint density at radius 2 is 2.08 bits per heavy atom. The standard InChI is InChI=1S/C16H23N5O5/c1-8(4-22)3-9(2)20-14-11-15(18-6-17-14)21(7-19-11)16-13(25)12(24)10(5-23)26-16/h3,6-7,9-10,12-13,16,22-25H,4-5H2,1-2H3,(H,17,18,20)/b8-3+/t9?,10-,12?,13?,16-/m1/s1. The summed E-state index contributed by atoms with van der Waals surface area (Å²) in [6, 6.07) is -0.0979. The zero-order valence-corrected chi connectivity index (χ0v) is 14.5. The van der Waals surface area contributed by atoms with E-state index in [-0.39, 0.29) is 12.6 Å². The highest BCUT2D eigenvalue weighted by molar-refractivity contribution is 5.82. The number of nitrogens with zero attached hydrogens (tertiary/aromatic N) is 4. The Kier molecular flexibility index (Phi) is 5.49. The third-order valence-corrected chi connectivity index (χ3v) is 4.30. The van der Waals surface area contributed by atoms with Crippen LogP contribution < -0.4 is 5.32 Å². The van der Waals surface area contributed by atoms with Crippen molar-refractivity contribution >= 4 is 17.0 Å². The molecule has 3 rings (SSSR count). The number of anilines is 1. The topological polar surface area (TPSA) is 146 Å². The molecule has 10 nitrogen and oxygen atoms in total. The van der Waals surface area contributed by atoms with Gasteiger partial charge >= 0.3 is 0 Å². The van der Waals surface area contributed by atoms with Crippen LogP contribution in [0.5, 0.6) is 0 Å². The third-order valence-electron chi connectivity index (χ3n) is 4.30. The maximum absolute atomic E-state index is 10.2. The fourth-order valence-corrected chi connectivity index (χ4v) is 2.99. The van der Waals surface area contributed by atoms with E-state index < -0.39 is 31.1 Å². The fourth-order valence-electron chi connectivity index (χ4n) is 2.99. The molecule has 0 bridgehead atoms. The minimum absolute atomic E-state index is 0.0227. The van der Waals surface area contributed by atoms with Crippen molar-refractivity contribution in [2.75, 3.05) is 18.5 Å². The highest BCUT2D eigenvalue weighted by Gasteiger charge is 2.44. The summed E-state index contributed by atoms with van der Waals surface area (Å²) >= 11 is 0. The Hall–Kier alpha value is -2.11. The normalized spacial score (nSPS) is 27.8. The van der Waals surface area contributed by atoms with Gasteiger partial charge in [0.05, 0.1) is 19.5 Å². The second-order valence-electron chi connectivity index (χ2n) is 6.38. The molecular formula is C16H23N5O5. The number of hydrogen-bond acceptors (Lipinski definition) is 9. The molecular weight excluding hydrogens is 342 g/mol. The third kappa shape index (κ3) is 3.41. The van der Waals surface area contributed by atoms with Crippen molar-refractivity contribution < 1.29 is 25.2 Å². The number of hydrogen-bond donors (Lipinski definition) is 5. The number of aliphatic hydroxyl groups excluding tert-OH is 4. The van der Waals surface area contributed by atoms with Crippen LogP contribution in [0.2, 0.25) is 0 Å². The summed E-state index contributed by atoms with van der Waals surface area (Å²) in [4.78, 5) is 12.7. The van der Waals surface area contributed by atoms with E-state index in [1.54, 1.807) is 0 Å². The van der Waals surface area contributed by atoms with Gasteiger partial charge in [0.2, 0.25) is 0 Å². The molecule has 10 heteroatoms. The lowest BCUT2D eigenvalue weighted by Gasteiger charge is -2.16. The molecule has 1 saturated heterocycles. The second-order valence-corrected chi connectivity index (χ2v) is 6.38. The first-order valence-electron chi connectivity index (χ1n) is 8.31. The molecule has 5 atom stereocenters. The van der Waals surface area contributed by atoms with E-state index >= 15 is 0 Å². The molecule has 2 aromatic rings. The molecule has 3 unspecified atom stereocenters. The van der Waals surface area contributed by atoms with Crippen molar-refractivity contribution in [3.8, 4) is 0 Å². The predicted octanol–water partition coefficient (Wildman–Crippen LogP) is -0.823. The van der Waals surface area contributed by atoms with Gasteiger partial charge in [0, 0.05) is 6.04 Å². The summed E-state index contributed by atoms with van der Waals surface area (Å²) in [5.74, 6) is 0.495. The van der Waals surface area contributed by atoms with Crippen molar-refractivity contribution in [2.45, 2.75) is 44.4 Å². The molecule has 1 aliphatic rings. The molecule has 1 aliphatic heterocycles. The van der Waals surface area contributed by atoms with Gasteiger partial charge in [-0.3, -0.25) is 4.57 Å². The molecule has 26 heavy (non-hydrogen) atoms. The molecule has 142 valence electrons. The van der Waals surface area contributed by atoms with Crippen LogP contribution in [0.1, 0.15) is 20.1 Å². The van der Waals surface area contributed by atoms with Crippen molar-refractivity contribution in [1.82, 2.24) is 19.5 Å². The largest absolute Gasteiger partial charge is 0.394 e. The van der Waals surface area contributed by atoms with Crippen LogP contribution in [-0.4, -0.2) is 77.5 Å². The zero-order chi connectivity index (χ0) is 18.8.